The van der Waals surface area contributed by atoms with E-state index in [1.807, 2.05) is 50.6 Å². The number of thiocarbonyl (C=S) groups is 1. The number of rotatable bonds is 5. The monoisotopic (exact) mass is 378 g/mol. The summed E-state index contributed by atoms with van der Waals surface area (Å²) in [6, 6.07) is 12.1. The third-order valence-corrected chi connectivity index (χ3v) is 4.03. The van der Waals surface area contributed by atoms with Crippen molar-refractivity contribution >= 4 is 38.9 Å². The van der Waals surface area contributed by atoms with Crippen LogP contribution in [0.4, 0.5) is 5.69 Å². The van der Waals surface area contributed by atoms with Crippen LogP contribution in [-0.4, -0.2) is 35.6 Å². The number of hydrogen-bond acceptors (Lipinski definition) is 3. The van der Waals surface area contributed by atoms with Crippen molar-refractivity contribution in [2.24, 2.45) is 0 Å². The van der Waals surface area contributed by atoms with Crippen molar-refractivity contribution in [3.05, 3.63) is 58.8 Å². The van der Waals surface area contributed by atoms with Gasteiger partial charge in [-0.25, -0.2) is 0 Å². The normalized spacial score (nSPS) is 12.0. The summed E-state index contributed by atoms with van der Waals surface area (Å²) in [7, 11) is 4.09. The van der Waals surface area contributed by atoms with E-state index in [1.54, 1.807) is 6.20 Å². The standard InChI is InChI=1S/C16H19BrN4S/c1-21(2)15(12-4-3-9-18-10-12)11-19-16(22)20-14-7-5-13(17)6-8-14/h3-10,15H,11H2,1-2H3,(H2,19,20,22). The van der Waals surface area contributed by atoms with Crippen molar-refractivity contribution in [2.45, 2.75) is 6.04 Å². The number of pyridine rings is 1. The summed E-state index contributed by atoms with van der Waals surface area (Å²) in [6.45, 7) is 0.709. The lowest BCUT2D eigenvalue weighted by atomic mass is 10.1. The Morgan fingerprint density at radius 2 is 2.00 bits per heavy atom. The van der Waals surface area contributed by atoms with E-state index in [4.69, 9.17) is 12.2 Å². The summed E-state index contributed by atoms with van der Waals surface area (Å²) in [4.78, 5) is 6.33. The predicted molar refractivity (Wildman–Crippen MR) is 99.0 cm³/mol. The fourth-order valence-electron chi connectivity index (χ4n) is 2.07. The molecule has 0 fully saturated rings. The molecular formula is C16H19BrN4S. The molecule has 1 heterocycles. The molecule has 0 saturated heterocycles. The lowest BCUT2D eigenvalue weighted by molar-refractivity contribution is 0.298. The van der Waals surface area contributed by atoms with E-state index in [2.05, 4.69) is 42.5 Å². The van der Waals surface area contributed by atoms with Gasteiger partial charge in [0.05, 0.1) is 6.04 Å². The number of likely N-dealkylation sites (N-methyl/N-ethyl adjacent to an activating group) is 1. The summed E-state index contributed by atoms with van der Waals surface area (Å²) in [5, 5.41) is 7.05. The van der Waals surface area contributed by atoms with Crippen LogP contribution in [0.1, 0.15) is 11.6 Å². The van der Waals surface area contributed by atoms with E-state index < -0.39 is 0 Å². The van der Waals surface area contributed by atoms with Crippen molar-refractivity contribution in [3.8, 4) is 0 Å². The van der Waals surface area contributed by atoms with Gasteiger partial charge in [-0.15, -0.1) is 0 Å². The van der Waals surface area contributed by atoms with Crippen LogP contribution in [0.15, 0.2) is 53.3 Å². The van der Waals surface area contributed by atoms with Gasteiger partial charge in [0.2, 0.25) is 0 Å². The Kier molecular flexibility index (Phi) is 6.30. The summed E-state index contributed by atoms with van der Waals surface area (Å²) < 4.78 is 1.04. The minimum Gasteiger partial charge on any atom is -0.361 e. The Bertz CT molecular complexity index is 601. The summed E-state index contributed by atoms with van der Waals surface area (Å²) in [5.41, 5.74) is 2.12. The van der Waals surface area contributed by atoms with Crippen molar-refractivity contribution in [3.63, 3.8) is 0 Å². The molecule has 22 heavy (non-hydrogen) atoms. The largest absolute Gasteiger partial charge is 0.361 e. The van der Waals surface area contributed by atoms with Crippen molar-refractivity contribution < 1.29 is 0 Å². The molecule has 6 heteroatoms. The molecule has 2 N–H and O–H groups in total. The van der Waals surface area contributed by atoms with E-state index in [0.717, 1.165) is 15.7 Å². The lowest BCUT2D eigenvalue weighted by Gasteiger charge is -2.25. The molecule has 1 aromatic carbocycles. The van der Waals surface area contributed by atoms with Crippen LogP contribution in [0.3, 0.4) is 0 Å². The molecule has 0 saturated carbocycles. The molecule has 0 spiro atoms. The van der Waals surface area contributed by atoms with Crippen molar-refractivity contribution in [2.75, 3.05) is 26.0 Å². The Hall–Kier alpha value is -1.50. The van der Waals surface area contributed by atoms with E-state index in [1.165, 1.54) is 0 Å². The van der Waals surface area contributed by atoms with Crippen LogP contribution < -0.4 is 10.6 Å². The van der Waals surface area contributed by atoms with Gasteiger partial charge in [-0.1, -0.05) is 22.0 Å². The molecule has 1 atom stereocenters. The highest BCUT2D eigenvalue weighted by Crippen LogP contribution is 2.16. The van der Waals surface area contributed by atoms with Crippen LogP contribution in [0.5, 0.6) is 0 Å². The molecule has 4 nitrogen and oxygen atoms in total. The first-order valence-electron chi connectivity index (χ1n) is 6.93. The lowest BCUT2D eigenvalue weighted by Crippen LogP contribution is -2.36. The molecule has 2 rings (SSSR count). The van der Waals surface area contributed by atoms with Crippen LogP contribution in [0.25, 0.3) is 0 Å². The molecule has 0 aliphatic heterocycles. The van der Waals surface area contributed by atoms with E-state index in [0.29, 0.717) is 11.7 Å². The third kappa shape index (κ3) is 5.05. The first-order valence-corrected chi connectivity index (χ1v) is 8.13. The Morgan fingerprint density at radius 3 is 2.59 bits per heavy atom. The Labute approximate surface area is 145 Å². The van der Waals surface area contributed by atoms with Gasteiger partial charge in [-0.05, 0) is 62.2 Å². The molecule has 0 aliphatic carbocycles. The second kappa shape index (κ2) is 8.22. The first kappa shape index (κ1) is 16.9. The van der Waals surface area contributed by atoms with Gasteiger partial charge < -0.3 is 15.5 Å². The Balaban J connectivity index is 1.92. The van der Waals surface area contributed by atoms with Crippen LogP contribution in [0.2, 0.25) is 0 Å². The molecule has 1 unspecified atom stereocenters. The van der Waals surface area contributed by atoms with Gasteiger partial charge >= 0.3 is 0 Å². The maximum atomic E-state index is 5.36. The number of benzene rings is 1. The number of anilines is 1. The second-order valence-corrected chi connectivity index (χ2v) is 6.43. The highest BCUT2D eigenvalue weighted by atomic mass is 79.9. The van der Waals surface area contributed by atoms with Gasteiger partial charge in [0.25, 0.3) is 0 Å². The summed E-state index contributed by atoms with van der Waals surface area (Å²) in [5.74, 6) is 0. The number of halogens is 1. The van der Waals surface area contributed by atoms with Gasteiger partial charge in [-0.3, -0.25) is 4.98 Å². The molecule has 0 amide bonds. The highest BCUT2D eigenvalue weighted by Gasteiger charge is 2.14. The summed E-state index contributed by atoms with van der Waals surface area (Å²) >= 11 is 8.77. The summed E-state index contributed by atoms with van der Waals surface area (Å²) in [6.07, 6.45) is 3.67. The average Bonchev–Trinajstić information content (AvgIpc) is 2.50. The topological polar surface area (TPSA) is 40.2 Å². The zero-order valence-electron chi connectivity index (χ0n) is 12.6. The van der Waals surface area contributed by atoms with Crippen LogP contribution in [0, 0.1) is 0 Å². The van der Waals surface area contributed by atoms with Crippen molar-refractivity contribution in [1.29, 1.82) is 0 Å². The zero-order valence-corrected chi connectivity index (χ0v) is 15.0. The molecule has 1 aromatic heterocycles. The van der Waals surface area contributed by atoms with Crippen LogP contribution >= 0.6 is 28.1 Å². The molecule has 116 valence electrons. The van der Waals surface area contributed by atoms with Crippen LogP contribution in [-0.2, 0) is 0 Å². The maximum absolute atomic E-state index is 5.36. The predicted octanol–water partition coefficient (Wildman–Crippen LogP) is 3.43. The number of nitrogens with one attached hydrogen (secondary N) is 2. The fourth-order valence-corrected chi connectivity index (χ4v) is 2.54. The minimum absolute atomic E-state index is 0.207. The smallest absolute Gasteiger partial charge is 0.170 e. The van der Waals surface area contributed by atoms with Gasteiger partial charge in [0.1, 0.15) is 0 Å². The molecule has 0 radical (unpaired) electrons. The number of hydrogen-bond donors (Lipinski definition) is 2. The van der Waals surface area contributed by atoms with E-state index in [9.17, 15) is 0 Å². The van der Waals surface area contributed by atoms with Gasteiger partial charge in [-0.2, -0.15) is 0 Å². The van der Waals surface area contributed by atoms with Gasteiger partial charge in [0, 0.05) is 29.1 Å². The molecule has 0 bridgehead atoms. The van der Waals surface area contributed by atoms with E-state index in [-0.39, 0.29) is 6.04 Å². The molecular weight excluding hydrogens is 360 g/mol. The number of nitrogens with zero attached hydrogens (tertiary/aromatic N) is 2. The Morgan fingerprint density at radius 1 is 1.27 bits per heavy atom. The fraction of sp³-hybridized carbons (Fsp3) is 0.250. The molecule has 2 aromatic rings. The SMILES string of the molecule is CN(C)C(CNC(=S)Nc1ccc(Br)cc1)c1cccnc1. The zero-order chi connectivity index (χ0) is 15.9. The minimum atomic E-state index is 0.207. The first-order chi connectivity index (χ1) is 10.6. The van der Waals surface area contributed by atoms with Gasteiger partial charge in [0.15, 0.2) is 5.11 Å². The van der Waals surface area contributed by atoms with E-state index >= 15 is 0 Å². The average molecular weight is 379 g/mol. The quantitative estimate of drug-likeness (QED) is 0.779. The number of aromatic nitrogens is 1. The van der Waals surface area contributed by atoms with Crippen molar-refractivity contribution in [1.82, 2.24) is 15.2 Å². The molecule has 0 aliphatic rings. The maximum Gasteiger partial charge on any atom is 0.170 e. The highest BCUT2D eigenvalue weighted by molar-refractivity contribution is 9.10. The second-order valence-electron chi connectivity index (χ2n) is 5.11. The third-order valence-electron chi connectivity index (χ3n) is 3.25.